The Labute approximate surface area is 63.8 Å². The molecule has 0 N–H and O–H groups in total. The molecule has 1 nitrogen and oxygen atoms in total. The first-order valence-corrected chi connectivity index (χ1v) is 4.39. The highest BCUT2D eigenvalue weighted by atomic mass is 16.5. The first kappa shape index (κ1) is 8.06. The van der Waals surface area contributed by atoms with Crippen LogP contribution in [0.5, 0.6) is 0 Å². The molecule has 0 bridgehead atoms. The second-order valence-electron chi connectivity index (χ2n) is 3.29. The molecule has 0 saturated heterocycles. The Morgan fingerprint density at radius 3 is 2.20 bits per heavy atom. The Morgan fingerprint density at radius 1 is 1.20 bits per heavy atom. The van der Waals surface area contributed by atoms with Crippen molar-refractivity contribution >= 4 is 0 Å². The summed E-state index contributed by atoms with van der Waals surface area (Å²) in [5, 5.41) is 0. The summed E-state index contributed by atoms with van der Waals surface area (Å²) in [6, 6.07) is 0. The van der Waals surface area contributed by atoms with Gasteiger partial charge in [-0.05, 0) is 31.6 Å². The van der Waals surface area contributed by atoms with Crippen molar-refractivity contribution < 1.29 is 4.74 Å². The van der Waals surface area contributed by atoms with E-state index in [0.717, 1.165) is 5.92 Å². The first-order chi connectivity index (χ1) is 4.86. The number of hydrogen-bond donors (Lipinski definition) is 0. The molecular formula is C9H18O. The largest absolute Gasteiger partial charge is 0.381 e. The summed E-state index contributed by atoms with van der Waals surface area (Å²) in [7, 11) is 1.83. The average Bonchev–Trinajstić information content (AvgIpc) is 2.05. The van der Waals surface area contributed by atoms with Crippen LogP contribution in [0.1, 0.15) is 39.0 Å². The second kappa shape index (κ2) is 3.97. The number of methoxy groups -OCH3 is 1. The summed E-state index contributed by atoms with van der Waals surface area (Å²) in [6.45, 7) is 2.29. The second-order valence-corrected chi connectivity index (χ2v) is 3.29. The quantitative estimate of drug-likeness (QED) is 0.576. The van der Waals surface area contributed by atoms with E-state index in [1.807, 2.05) is 7.11 Å². The SMILES string of the molecule is CC[C@H]1CC[C@@H](OC)CC1. The van der Waals surface area contributed by atoms with Gasteiger partial charge in [0.2, 0.25) is 0 Å². The highest BCUT2D eigenvalue weighted by Crippen LogP contribution is 2.27. The van der Waals surface area contributed by atoms with E-state index in [0.29, 0.717) is 6.10 Å². The van der Waals surface area contributed by atoms with Crippen LogP contribution in [-0.2, 0) is 4.74 Å². The highest BCUT2D eigenvalue weighted by Gasteiger charge is 2.18. The molecule has 1 aliphatic rings. The zero-order valence-corrected chi connectivity index (χ0v) is 7.10. The van der Waals surface area contributed by atoms with Crippen LogP contribution >= 0.6 is 0 Å². The number of rotatable bonds is 2. The zero-order valence-electron chi connectivity index (χ0n) is 7.10. The average molecular weight is 142 g/mol. The Morgan fingerprint density at radius 2 is 1.80 bits per heavy atom. The summed E-state index contributed by atoms with van der Waals surface area (Å²) in [5.41, 5.74) is 0. The summed E-state index contributed by atoms with van der Waals surface area (Å²) in [4.78, 5) is 0. The molecule has 0 unspecified atom stereocenters. The monoisotopic (exact) mass is 142 g/mol. The van der Waals surface area contributed by atoms with Crippen LogP contribution in [0.15, 0.2) is 0 Å². The fraction of sp³-hybridized carbons (Fsp3) is 1.00. The van der Waals surface area contributed by atoms with Gasteiger partial charge in [-0.15, -0.1) is 0 Å². The minimum atomic E-state index is 0.572. The van der Waals surface area contributed by atoms with Crippen molar-refractivity contribution in [3.8, 4) is 0 Å². The van der Waals surface area contributed by atoms with E-state index in [1.54, 1.807) is 0 Å². The summed E-state index contributed by atoms with van der Waals surface area (Å²) in [6.07, 6.45) is 7.27. The number of ether oxygens (including phenoxy) is 1. The Hall–Kier alpha value is -0.0400. The highest BCUT2D eigenvalue weighted by molar-refractivity contribution is 4.71. The molecule has 0 aromatic heterocycles. The Kier molecular flexibility index (Phi) is 3.20. The van der Waals surface area contributed by atoms with Crippen LogP contribution in [0.3, 0.4) is 0 Å². The molecule has 1 fully saturated rings. The van der Waals surface area contributed by atoms with E-state index in [2.05, 4.69) is 6.92 Å². The van der Waals surface area contributed by atoms with Crippen LogP contribution < -0.4 is 0 Å². The van der Waals surface area contributed by atoms with E-state index >= 15 is 0 Å². The van der Waals surface area contributed by atoms with E-state index in [1.165, 1.54) is 32.1 Å². The Bertz CT molecular complexity index is 70.7. The van der Waals surface area contributed by atoms with E-state index in [9.17, 15) is 0 Å². The third-order valence-corrected chi connectivity index (χ3v) is 2.70. The van der Waals surface area contributed by atoms with Gasteiger partial charge in [-0.1, -0.05) is 13.3 Å². The van der Waals surface area contributed by atoms with Gasteiger partial charge in [0, 0.05) is 7.11 Å². The maximum atomic E-state index is 5.28. The van der Waals surface area contributed by atoms with Gasteiger partial charge in [0.05, 0.1) is 6.10 Å². The van der Waals surface area contributed by atoms with Crippen molar-refractivity contribution in [3.05, 3.63) is 0 Å². The van der Waals surface area contributed by atoms with Gasteiger partial charge in [-0.25, -0.2) is 0 Å². The molecule has 0 spiro atoms. The molecule has 0 heterocycles. The van der Waals surface area contributed by atoms with Crippen LogP contribution in [0, 0.1) is 5.92 Å². The van der Waals surface area contributed by atoms with E-state index in [4.69, 9.17) is 4.74 Å². The molecule has 0 aliphatic heterocycles. The van der Waals surface area contributed by atoms with Gasteiger partial charge < -0.3 is 4.74 Å². The fourth-order valence-electron chi connectivity index (χ4n) is 1.78. The minimum Gasteiger partial charge on any atom is -0.381 e. The van der Waals surface area contributed by atoms with Gasteiger partial charge in [-0.3, -0.25) is 0 Å². The lowest BCUT2D eigenvalue weighted by molar-refractivity contribution is 0.0563. The van der Waals surface area contributed by atoms with E-state index in [-0.39, 0.29) is 0 Å². The van der Waals surface area contributed by atoms with Crippen LogP contribution in [0.2, 0.25) is 0 Å². The van der Waals surface area contributed by atoms with Gasteiger partial charge >= 0.3 is 0 Å². The molecule has 60 valence electrons. The summed E-state index contributed by atoms with van der Waals surface area (Å²) >= 11 is 0. The first-order valence-electron chi connectivity index (χ1n) is 4.39. The lowest BCUT2D eigenvalue weighted by Gasteiger charge is -2.26. The third kappa shape index (κ3) is 1.98. The molecule has 0 amide bonds. The predicted molar refractivity (Wildman–Crippen MR) is 43.0 cm³/mol. The van der Waals surface area contributed by atoms with Crippen molar-refractivity contribution in [1.29, 1.82) is 0 Å². The van der Waals surface area contributed by atoms with Crippen molar-refractivity contribution in [2.45, 2.75) is 45.1 Å². The van der Waals surface area contributed by atoms with Gasteiger partial charge in [0.1, 0.15) is 0 Å². The fourth-order valence-corrected chi connectivity index (χ4v) is 1.78. The molecule has 0 aromatic carbocycles. The molecule has 1 heteroatoms. The third-order valence-electron chi connectivity index (χ3n) is 2.70. The van der Waals surface area contributed by atoms with Crippen LogP contribution in [0.4, 0.5) is 0 Å². The predicted octanol–water partition coefficient (Wildman–Crippen LogP) is 2.60. The van der Waals surface area contributed by atoms with Crippen molar-refractivity contribution in [1.82, 2.24) is 0 Å². The lowest BCUT2D eigenvalue weighted by atomic mass is 9.86. The molecule has 0 atom stereocenters. The number of hydrogen-bond acceptors (Lipinski definition) is 1. The zero-order chi connectivity index (χ0) is 7.40. The van der Waals surface area contributed by atoms with Crippen LogP contribution in [-0.4, -0.2) is 13.2 Å². The van der Waals surface area contributed by atoms with Crippen molar-refractivity contribution in [3.63, 3.8) is 0 Å². The van der Waals surface area contributed by atoms with Crippen molar-refractivity contribution in [2.75, 3.05) is 7.11 Å². The molecule has 0 radical (unpaired) electrons. The normalized spacial score (nSPS) is 34.2. The smallest absolute Gasteiger partial charge is 0.0571 e. The molecule has 1 rings (SSSR count). The molecule has 1 saturated carbocycles. The molecule has 0 aromatic rings. The minimum absolute atomic E-state index is 0.572. The van der Waals surface area contributed by atoms with Crippen molar-refractivity contribution in [2.24, 2.45) is 5.92 Å². The van der Waals surface area contributed by atoms with Gasteiger partial charge in [0.25, 0.3) is 0 Å². The summed E-state index contributed by atoms with van der Waals surface area (Å²) < 4.78 is 5.28. The summed E-state index contributed by atoms with van der Waals surface area (Å²) in [5.74, 6) is 0.992. The van der Waals surface area contributed by atoms with E-state index < -0.39 is 0 Å². The Balaban J connectivity index is 2.17. The topological polar surface area (TPSA) is 9.23 Å². The molecular weight excluding hydrogens is 124 g/mol. The molecule has 1 aliphatic carbocycles. The van der Waals surface area contributed by atoms with Gasteiger partial charge in [0.15, 0.2) is 0 Å². The lowest BCUT2D eigenvalue weighted by Crippen LogP contribution is -2.19. The maximum Gasteiger partial charge on any atom is 0.0571 e. The van der Waals surface area contributed by atoms with Crippen LogP contribution in [0.25, 0.3) is 0 Å². The maximum absolute atomic E-state index is 5.28. The molecule has 10 heavy (non-hydrogen) atoms. The van der Waals surface area contributed by atoms with Gasteiger partial charge in [-0.2, -0.15) is 0 Å². The standard InChI is InChI=1S/C9H18O/c1-3-8-4-6-9(10-2)7-5-8/h8-9H,3-7H2,1-2H3/t8-,9+.